The summed E-state index contributed by atoms with van der Waals surface area (Å²) < 4.78 is 28.8. The van der Waals surface area contributed by atoms with Gasteiger partial charge in [0.15, 0.2) is 0 Å². The molecule has 0 unspecified atom stereocenters. The van der Waals surface area contributed by atoms with Gasteiger partial charge in [-0.15, -0.1) is 0 Å². The van der Waals surface area contributed by atoms with E-state index in [2.05, 4.69) is 21.2 Å². The third-order valence-corrected chi connectivity index (χ3v) is 9.57. The van der Waals surface area contributed by atoms with E-state index < -0.39 is 10.0 Å². The third kappa shape index (κ3) is 4.58. The number of nitrogens with zero attached hydrogens (tertiary/aromatic N) is 2. The topological polar surface area (TPSA) is 86.8 Å². The maximum Gasteiger partial charge on any atom is 0.244 e. The largest absolute Gasteiger partial charge is 0.326 e. The average Bonchev–Trinajstić information content (AvgIpc) is 3.19. The van der Waals surface area contributed by atoms with Gasteiger partial charge < -0.3 is 10.2 Å². The number of piperidine rings is 1. The summed E-state index contributed by atoms with van der Waals surface area (Å²) >= 11 is 3.42. The molecule has 7 nitrogen and oxygen atoms in total. The molecule has 0 atom stereocenters. The lowest BCUT2D eigenvalue weighted by atomic mass is 9.97. The standard InChI is InChI=1S/C24H28BrN3O4S/c1-15-5-4-6-21(16(15)2)26-24(30)18-7-10-27(11-8-18)33(31,32)23-14-22-19(13-20(23)25)9-12-28(22)17(3)29/h4-6,13-14,18H,7-12H2,1-3H3,(H,26,30). The van der Waals surface area contributed by atoms with E-state index in [4.69, 9.17) is 0 Å². The molecule has 0 saturated carbocycles. The van der Waals surface area contributed by atoms with Crippen LogP contribution in [0.25, 0.3) is 0 Å². The lowest BCUT2D eigenvalue weighted by Gasteiger charge is -2.31. The fourth-order valence-electron chi connectivity index (χ4n) is 4.53. The molecule has 1 N–H and O–H groups in total. The number of aryl methyl sites for hydroxylation is 1. The predicted octanol–water partition coefficient (Wildman–Crippen LogP) is 4.01. The Bertz CT molecular complexity index is 1220. The Morgan fingerprint density at radius 1 is 1.09 bits per heavy atom. The fraction of sp³-hybridized carbons (Fsp3) is 0.417. The van der Waals surface area contributed by atoms with E-state index in [0.29, 0.717) is 36.0 Å². The van der Waals surface area contributed by atoms with E-state index in [-0.39, 0.29) is 35.7 Å². The van der Waals surface area contributed by atoms with Crippen LogP contribution in [0.3, 0.4) is 0 Å². The van der Waals surface area contributed by atoms with Crippen LogP contribution in [0.4, 0.5) is 11.4 Å². The van der Waals surface area contributed by atoms with E-state index in [1.807, 2.05) is 32.0 Å². The molecule has 0 spiro atoms. The molecule has 33 heavy (non-hydrogen) atoms. The second-order valence-electron chi connectivity index (χ2n) is 8.75. The molecule has 0 bridgehead atoms. The van der Waals surface area contributed by atoms with E-state index in [1.165, 1.54) is 11.2 Å². The van der Waals surface area contributed by atoms with Crippen LogP contribution < -0.4 is 10.2 Å². The molecule has 4 rings (SSSR count). The van der Waals surface area contributed by atoms with Gasteiger partial charge in [-0.1, -0.05) is 12.1 Å². The molecule has 2 aromatic rings. The Kier molecular flexibility index (Phi) is 6.66. The summed E-state index contributed by atoms with van der Waals surface area (Å²) in [6.45, 7) is 6.56. The fourth-order valence-corrected chi connectivity index (χ4v) is 7.07. The molecular formula is C24H28BrN3O4S. The predicted molar refractivity (Wildman–Crippen MR) is 132 cm³/mol. The number of anilines is 2. The van der Waals surface area contributed by atoms with Gasteiger partial charge in [0.25, 0.3) is 0 Å². The highest BCUT2D eigenvalue weighted by atomic mass is 79.9. The number of halogens is 1. The molecule has 0 aliphatic carbocycles. The quantitative estimate of drug-likeness (QED) is 0.642. The second-order valence-corrected chi connectivity index (χ2v) is 11.5. The summed E-state index contributed by atoms with van der Waals surface area (Å²) in [6, 6.07) is 9.20. The number of carbonyl (C=O) groups is 2. The number of fused-ring (bicyclic) bond motifs is 1. The van der Waals surface area contributed by atoms with Crippen LogP contribution in [0.15, 0.2) is 39.7 Å². The minimum atomic E-state index is -3.77. The average molecular weight is 534 g/mol. The molecule has 1 saturated heterocycles. The molecule has 0 radical (unpaired) electrons. The number of hydrogen-bond donors (Lipinski definition) is 1. The maximum absolute atomic E-state index is 13.4. The van der Waals surface area contributed by atoms with Gasteiger partial charge >= 0.3 is 0 Å². The zero-order valence-electron chi connectivity index (χ0n) is 19.0. The van der Waals surface area contributed by atoms with Gasteiger partial charge in [0.05, 0.1) is 4.90 Å². The number of carbonyl (C=O) groups excluding carboxylic acids is 2. The molecule has 176 valence electrons. The summed E-state index contributed by atoms with van der Waals surface area (Å²) in [7, 11) is -3.77. The first kappa shape index (κ1) is 23.9. The summed E-state index contributed by atoms with van der Waals surface area (Å²) in [5, 5.41) is 3.01. The van der Waals surface area contributed by atoms with Crippen molar-refractivity contribution in [2.75, 3.05) is 29.9 Å². The van der Waals surface area contributed by atoms with Gasteiger partial charge in [0.1, 0.15) is 0 Å². The summed E-state index contributed by atoms with van der Waals surface area (Å²) in [5.74, 6) is -0.417. The van der Waals surface area contributed by atoms with Crippen molar-refractivity contribution in [1.29, 1.82) is 0 Å². The smallest absolute Gasteiger partial charge is 0.244 e. The number of sulfonamides is 1. The van der Waals surface area contributed by atoms with Crippen molar-refractivity contribution in [2.24, 2.45) is 5.92 Å². The first-order valence-electron chi connectivity index (χ1n) is 11.1. The van der Waals surface area contributed by atoms with Gasteiger partial charge in [-0.25, -0.2) is 8.42 Å². The molecular weight excluding hydrogens is 506 g/mol. The highest BCUT2D eigenvalue weighted by Crippen LogP contribution is 2.37. The highest BCUT2D eigenvalue weighted by molar-refractivity contribution is 9.10. The maximum atomic E-state index is 13.4. The Morgan fingerprint density at radius 2 is 1.79 bits per heavy atom. The zero-order chi connectivity index (χ0) is 23.9. The van der Waals surface area contributed by atoms with Crippen molar-refractivity contribution in [3.05, 3.63) is 51.5 Å². The molecule has 2 aliphatic rings. The number of hydrogen-bond acceptors (Lipinski definition) is 4. The van der Waals surface area contributed by atoms with Gasteiger partial charge in [-0.05, 0) is 83.9 Å². The van der Waals surface area contributed by atoms with Crippen LogP contribution in [0.2, 0.25) is 0 Å². The molecule has 2 heterocycles. The van der Waals surface area contributed by atoms with Gasteiger partial charge in [0.2, 0.25) is 21.8 Å². The normalized spacial score (nSPS) is 17.2. The van der Waals surface area contributed by atoms with Crippen LogP contribution in [-0.4, -0.2) is 44.2 Å². The van der Waals surface area contributed by atoms with E-state index >= 15 is 0 Å². The molecule has 2 aromatic carbocycles. The highest BCUT2D eigenvalue weighted by Gasteiger charge is 2.35. The summed E-state index contributed by atoms with van der Waals surface area (Å²) in [4.78, 5) is 26.5. The molecule has 9 heteroatoms. The number of amides is 2. The molecule has 0 aromatic heterocycles. The zero-order valence-corrected chi connectivity index (χ0v) is 21.4. The Balaban J connectivity index is 1.47. The minimum absolute atomic E-state index is 0.0726. The SMILES string of the molecule is CC(=O)N1CCc2cc(Br)c(S(=O)(=O)N3CCC(C(=O)Nc4cccc(C)c4C)CC3)cc21. The Labute approximate surface area is 203 Å². The molecule has 2 amide bonds. The van der Waals surface area contributed by atoms with Crippen molar-refractivity contribution in [2.45, 2.75) is 44.9 Å². The number of nitrogens with one attached hydrogen (secondary N) is 1. The third-order valence-electron chi connectivity index (χ3n) is 6.71. The van der Waals surface area contributed by atoms with Crippen LogP contribution in [0.1, 0.15) is 36.5 Å². The van der Waals surface area contributed by atoms with Crippen molar-refractivity contribution in [3.8, 4) is 0 Å². The Morgan fingerprint density at radius 3 is 2.45 bits per heavy atom. The van der Waals surface area contributed by atoms with Crippen molar-refractivity contribution in [1.82, 2.24) is 4.31 Å². The second kappa shape index (κ2) is 9.19. The number of benzene rings is 2. The van der Waals surface area contributed by atoms with Crippen molar-refractivity contribution >= 4 is 49.1 Å². The lowest BCUT2D eigenvalue weighted by Crippen LogP contribution is -2.41. The molecule has 1 fully saturated rings. The van der Waals surface area contributed by atoms with Crippen LogP contribution in [0, 0.1) is 19.8 Å². The van der Waals surface area contributed by atoms with E-state index in [0.717, 1.165) is 22.4 Å². The molecule has 2 aliphatic heterocycles. The van der Waals surface area contributed by atoms with E-state index in [1.54, 1.807) is 17.0 Å². The lowest BCUT2D eigenvalue weighted by molar-refractivity contribution is -0.121. The summed E-state index contributed by atoms with van der Waals surface area (Å²) in [6.07, 6.45) is 1.62. The summed E-state index contributed by atoms with van der Waals surface area (Å²) in [5.41, 5.74) is 4.56. The number of rotatable bonds is 4. The van der Waals surface area contributed by atoms with Gasteiger partial charge in [-0.3, -0.25) is 9.59 Å². The first-order chi connectivity index (χ1) is 15.6. The van der Waals surface area contributed by atoms with Crippen LogP contribution in [0.5, 0.6) is 0 Å². The van der Waals surface area contributed by atoms with Crippen molar-refractivity contribution in [3.63, 3.8) is 0 Å². The van der Waals surface area contributed by atoms with Crippen LogP contribution >= 0.6 is 15.9 Å². The minimum Gasteiger partial charge on any atom is -0.326 e. The van der Waals surface area contributed by atoms with E-state index in [9.17, 15) is 18.0 Å². The van der Waals surface area contributed by atoms with Crippen molar-refractivity contribution < 1.29 is 18.0 Å². The van der Waals surface area contributed by atoms with Gasteiger partial charge in [-0.2, -0.15) is 4.31 Å². The Hall–Kier alpha value is -2.23. The van der Waals surface area contributed by atoms with Gasteiger partial charge in [0, 0.05) is 48.3 Å². The van der Waals surface area contributed by atoms with Crippen LogP contribution in [-0.2, 0) is 26.0 Å². The first-order valence-corrected chi connectivity index (χ1v) is 13.3. The monoisotopic (exact) mass is 533 g/mol.